The first-order valence-corrected chi connectivity index (χ1v) is 13.2. The van der Waals surface area contributed by atoms with Crippen molar-refractivity contribution in [2.75, 3.05) is 39.3 Å². The highest BCUT2D eigenvalue weighted by molar-refractivity contribution is 5.87. The molecule has 1 atom stereocenters. The maximum atomic E-state index is 10.6. The summed E-state index contributed by atoms with van der Waals surface area (Å²) < 4.78 is 48.3. The molecule has 0 saturated heterocycles. The molecule has 2 aromatic carbocycles. The van der Waals surface area contributed by atoms with Crippen molar-refractivity contribution in [3.8, 4) is 23.1 Å². The number of carboxylic acids is 1. The van der Waals surface area contributed by atoms with Crippen molar-refractivity contribution < 1.29 is 47.5 Å². The fraction of sp³-hybridized carbons (Fsp3) is 0.393. The number of aliphatic hydroxyl groups is 1. The zero-order valence-electron chi connectivity index (χ0n) is 24.6. The summed E-state index contributed by atoms with van der Waals surface area (Å²) in [5.74, 6) is -0.463. The number of aromatic hydroxyl groups is 1. The minimum atomic E-state index is -5.08. The van der Waals surface area contributed by atoms with Crippen LogP contribution in [0.15, 0.2) is 30.3 Å². The number of nitrogens with one attached hydrogen (secondary N) is 2. The van der Waals surface area contributed by atoms with Gasteiger partial charge in [-0.15, -0.1) is 0 Å². The molecule has 0 amide bonds. The summed E-state index contributed by atoms with van der Waals surface area (Å²) >= 11 is 0. The van der Waals surface area contributed by atoms with E-state index in [1.54, 1.807) is 38.5 Å². The largest absolute Gasteiger partial charge is 0.493 e. The number of carboxylic acid groups (broad SMARTS) is 1. The number of hydrogen-bond donors (Lipinski definition) is 5. The van der Waals surface area contributed by atoms with Gasteiger partial charge in [0.15, 0.2) is 11.5 Å². The molecule has 1 unspecified atom stereocenters. The molecule has 16 heteroatoms. The van der Waals surface area contributed by atoms with Gasteiger partial charge in [-0.3, -0.25) is 5.32 Å². The van der Waals surface area contributed by atoms with Crippen molar-refractivity contribution in [2.24, 2.45) is 5.92 Å². The molecule has 0 bridgehead atoms. The molecule has 5 N–H and O–H groups in total. The number of alkyl halides is 3. The van der Waals surface area contributed by atoms with Crippen molar-refractivity contribution in [3.63, 3.8) is 0 Å². The Balaban J connectivity index is 0.000000676. The average Bonchev–Trinajstić information content (AvgIpc) is 2.96. The quantitative estimate of drug-likeness (QED) is 0.152. The number of ether oxygens (including phenoxy) is 3. The maximum Gasteiger partial charge on any atom is 0.490 e. The first-order valence-electron chi connectivity index (χ1n) is 13.2. The van der Waals surface area contributed by atoms with Gasteiger partial charge in [0.1, 0.15) is 12.4 Å². The van der Waals surface area contributed by atoms with Crippen molar-refractivity contribution in [2.45, 2.75) is 33.0 Å². The van der Waals surface area contributed by atoms with Gasteiger partial charge in [0.25, 0.3) is 0 Å². The lowest BCUT2D eigenvalue weighted by Gasteiger charge is -2.20. The predicted octanol–water partition coefficient (Wildman–Crippen LogP) is 3.97. The summed E-state index contributed by atoms with van der Waals surface area (Å²) in [6.07, 6.45) is -5.08. The molecule has 2 heterocycles. The van der Waals surface area contributed by atoms with E-state index in [4.69, 9.17) is 24.1 Å². The summed E-state index contributed by atoms with van der Waals surface area (Å²) in [6.45, 7) is 7.02. The monoisotopic (exact) mass is 622 g/mol. The number of aliphatic hydroxyl groups excluding tert-OH is 1. The number of carbonyl (C=O) groups is 1. The van der Waals surface area contributed by atoms with Crippen LogP contribution in [0.25, 0.3) is 21.8 Å². The zero-order valence-corrected chi connectivity index (χ0v) is 24.6. The number of anilines is 2. The Morgan fingerprint density at radius 2 is 1.57 bits per heavy atom. The number of fused-ring (bicyclic) bond motifs is 2. The van der Waals surface area contributed by atoms with Crippen molar-refractivity contribution in [1.82, 2.24) is 25.3 Å². The number of rotatable bonds is 11. The Hall–Kier alpha value is -4.70. The van der Waals surface area contributed by atoms with Gasteiger partial charge in [0.05, 0.1) is 42.9 Å². The molecule has 0 aliphatic heterocycles. The Morgan fingerprint density at radius 1 is 0.955 bits per heavy atom. The molecular formula is C28H33F3N6O7. The summed E-state index contributed by atoms with van der Waals surface area (Å²) in [7, 11) is 3.14. The average molecular weight is 623 g/mol. The molecule has 4 aromatic rings. The Bertz CT molecular complexity index is 1600. The zero-order chi connectivity index (χ0) is 32.6. The number of aromatic nitrogens is 4. The van der Waals surface area contributed by atoms with Crippen molar-refractivity contribution in [1.29, 1.82) is 0 Å². The molecule has 0 spiro atoms. The minimum Gasteiger partial charge on any atom is -0.493 e. The molecule has 4 rings (SSSR count). The van der Waals surface area contributed by atoms with Gasteiger partial charge in [-0.05, 0) is 37.1 Å². The highest BCUT2D eigenvalue weighted by atomic mass is 19.4. The normalized spacial score (nSPS) is 12.0. The summed E-state index contributed by atoms with van der Waals surface area (Å²) in [4.78, 5) is 26.6. The number of nitrogens with zero attached hydrogens (tertiary/aromatic N) is 4. The molecule has 44 heavy (non-hydrogen) atoms. The predicted molar refractivity (Wildman–Crippen MR) is 155 cm³/mol. The fourth-order valence-corrected chi connectivity index (χ4v) is 3.93. The third kappa shape index (κ3) is 8.67. The third-order valence-corrected chi connectivity index (χ3v) is 6.28. The Labute approximate surface area is 250 Å². The SMILES string of the molecule is COc1cc2nc(Nc3nc(O)c4cc(OCCNC(CO)C(C)C)ccc4n3)nc(C)c2cc1OC.O=C(O)C(F)(F)F. The smallest absolute Gasteiger partial charge is 0.490 e. The van der Waals surface area contributed by atoms with Crippen LogP contribution in [-0.2, 0) is 4.79 Å². The topological polar surface area (TPSA) is 181 Å². The summed E-state index contributed by atoms with van der Waals surface area (Å²) in [5.41, 5.74) is 1.92. The van der Waals surface area contributed by atoms with Gasteiger partial charge in [0, 0.05) is 24.0 Å². The van der Waals surface area contributed by atoms with Crippen molar-refractivity contribution in [3.05, 3.63) is 36.0 Å². The Kier molecular flexibility index (Phi) is 11.3. The lowest BCUT2D eigenvalue weighted by molar-refractivity contribution is -0.192. The van der Waals surface area contributed by atoms with E-state index in [0.717, 1.165) is 11.1 Å². The highest BCUT2D eigenvalue weighted by Crippen LogP contribution is 2.33. The van der Waals surface area contributed by atoms with E-state index in [2.05, 4.69) is 30.6 Å². The standard InChI is InChI=1S/C26H32N6O5.C2HF3O2/c1-14(2)21(13-33)27-8-9-37-16-6-7-19-18(10-16)24(34)31-26(29-19)32-25-28-15(3)17-11-22(35-4)23(36-5)12-20(17)30-25;3-2(4,5)1(6)7/h6-7,10-12,14,21,27,33H,8-9,13H2,1-5H3,(H2,28,29,30,31,32,34);(H,6,7). The molecule has 238 valence electrons. The summed E-state index contributed by atoms with van der Waals surface area (Å²) in [6, 6.07) is 8.84. The van der Waals surface area contributed by atoms with Gasteiger partial charge >= 0.3 is 12.1 Å². The number of aryl methyl sites for hydroxylation is 1. The molecule has 0 fully saturated rings. The fourth-order valence-electron chi connectivity index (χ4n) is 3.93. The van der Waals surface area contributed by atoms with Crippen LogP contribution >= 0.6 is 0 Å². The number of aliphatic carboxylic acids is 1. The van der Waals surface area contributed by atoms with Crippen LogP contribution in [0, 0.1) is 12.8 Å². The second kappa shape index (κ2) is 14.7. The first kappa shape index (κ1) is 33.8. The van der Waals surface area contributed by atoms with E-state index in [1.165, 1.54) is 0 Å². The Morgan fingerprint density at radius 3 is 2.16 bits per heavy atom. The second-order valence-corrected chi connectivity index (χ2v) is 9.67. The van der Waals surface area contributed by atoms with Gasteiger partial charge in [-0.2, -0.15) is 18.2 Å². The van der Waals surface area contributed by atoms with Crippen LogP contribution in [0.5, 0.6) is 23.1 Å². The van der Waals surface area contributed by atoms with Gasteiger partial charge in [-0.25, -0.2) is 19.7 Å². The number of benzene rings is 2. The molecule has 0 saturated carbocycles. The van der Waals surface area contributed by atoms with E-state index in [-0.39, 0.29) is 30.4 Å². The van der Waals surface area contributed by atoms with Crippen LogP contribution in [0.3, 0.4) is 0 Å². The van der Waals surface area contributed by atoms with Crippen LogP contribution in [-0.4, -0.2) is 87.4 Å². The minimum absolute atomic E-state index is 0.0174. The van der Waals surface area contributed by atoms with Gasteiger partial charge in [0.2, 0.25) is 17.8 Å². The lowest BCUT2D eigenvalue weighted by atomic mass is 10.1. The lowest BCUT2D eigenvalue weighted by Crippen LogP contribution is -2.39. The molecular weight excluding hydrogens is 589 g/mol. The maximum absolute atomic E-state index is 10.6. The van der Waals surface area contributed by atoms with E-state index < -0.39 is 12.1 Å². The molecule has 13 nitrogen and oxygen atoms in total. The van der Waals surface area contributed by atoms with E-state index in [1.807, 2.05) is 26.8 Å². The van der Waals surface area contributed by atoms with E-state index in [0.29, 0.717) is 52.7 Å². The number of hydrogen-bond acceptors (Lipinski definition) is 12. The first-order chi connectivity index (χ1) is 20.8. The highest BCUT2D eigenvalue weighted by Gasteiger charge is 2.38. The molecule has 0 radical (unpaired) electrons. The molecule has 2 aromatic heterocycles. The van der Waals surface area contributed by atoms with Crippen LogP contribution in [0.4, 0.5) is 25.1 Å². The number of methoxy groups -OCH3 is 2. The second-order valence-electron chi connectivity index (χ2n) is 9.67. The van der Waals surface area contributed by atoms with Crippen molar-refractivity contribution >= 4 is 39.7 Å². The van der Waals surface area contributed by atoms with Crippen LogP contribution in [0.1, 0.15) is 19.5 Å². The van der Waals surface area contributed by atoms with Crippen LogP contribution < -0.4 is 24.8 Å². The van der Waals surface area contributed by atoms with E-state index in [9.17, 15) is 23.4 Å². The molecule has 0 aliphatic rings. The van der Waals surface area contributed by atoms with Gasteiger partial charge in [-0.1, -0.05) is 13.8 Å². The number of halogens is 3. The van der Waals surface area contributed by atoms with Gasteiger partial charge < -0.3 is 34.8 Å². The van der Waals surface area contributed by atoms with Crippen LogP contribution in [0.2, 0.25) is 0 Å². The summed E-state index contributed by atoms with van der Waals surface area (Å²) in [5, 5.41) is 34.6. The van der Waals surface area contributed by atoms with E-state index >= 15 is 0 Å². The molecule has 0 aliphatic carbocycles. The third-order valence-electron chi connectivity index (χ3n) is 6.28.